The molecule has 1 saturated heterocycles. The first-order valence-electron chi connectivity index (χ1n) is 7.68. The molecule has 0 radical (unpaired) electrons. The lowest BCUT2D eigenvalue weighted by atomic mass is 9.98. The molecule has 1 heterocycles. The molecular weight excluding hydrogens is 224 g/mol. The van der Waals surface area contributed by atoms with E-state index in [2.05, 4.69) is 31.0 Å². The first-order chi connectivity index (χ1) is 8.59. The molecule has 3 nitrogen and oxygen atoms in total. The zero-order chi connectivity index (χ0) is 13.4. The van der Waals surface area contributed by atoms with Gasteiger partial charge in [0.1, 0.15) is 0 Å². The highest BCUT2D eigenvalue weighted by atomic mass is 16.3. The minimum absolute atomic E-state index is 0.103. The lowest BCUT2D eigenvalue weighted by Gasteiger charge is -2.31. The summed E-state index contributed by atoms with van der Waals surface area (Å²) < 4.78 is 0. The van der Waals surface area contributed by atoms with E-state index in [0.29, 0.717) is 0 Å². The molecule has 1 fully saturated rings. The molecule has 0 aromatic heterocycles. The van der Waals surface area contributed by atoms with Crippen LogP contribution in [0, 0.1) is 5.92 Å². The predicted molar refractivity (Wildman–Crippen MR) is 77.9 cm³/mol. The van der Waals surface area contributed by atoms with Crippen LogP contribution >= 0.6 is 0 Å². The Morgan fingerprint density at radius 2 is 2.11 bits per heavy atom. The third kappa shape index (κ3) is 5.68. The van der Waals surface area contributed by atoms with Crippen molar-refractivity contribution in [3.8, 4) is 0 Å². The van der Waals surface area contributed by atoms with Crippen LogP contribution in [0.3, 0.4) is 0 Å². The highest BCUT2D eigenvalue weighted by Crippen LogP contribution is 2.18. The number of nitrogens with zero attached hydrogens (tertiary/aromatic N) is 1. The van der Waals surface area contributed by atoms with Crippen LogP contribution in [-0.2, 0) is 0 Å². The van der Waals surface area contributed by atoms with E-state index in [9.17, 15) is 5.11 Å². The Balaban J connectivity index is 2.32. The quantitative estimate of drug-likeness (QED) is 0.733. The van der Waals surface area contributed by atoms with Crippen LogP contribution in [0.25, 0.3) is 0 Å². The van der Waals surface area contributed by atoms with Crippen molar-refractivity contribution < 1.29 is 5.11 Å². The fraction of sp³-hybridized carbons (Fsp3) is 1.00. The van der Waals surface area contributed by atoms with E-state index in [0.717, 1.165) is 31.8 Å². The molecule has 1 rings (SSSR count). The first kappa shape index (κ1) is 15.9. The lowest BCUT2D eigenvalue weighted by molar-refractivity contribution is 0.146. The fourth-order valence-electron chi connectivity index (χ4n) is 2.60. The summed E-state index contributed by atoms with van der Waals surface area (Å²) >= 11 is 0. The molecule has 0 aromatic carbocycles. The van der Waals surface area contributed by atoms with Gasteiger partial charge in [0.25, 0.3) is 0 Å². The van der Waals surface area contributed by atoms with Gasteiger partial charge in [-0.2, -0.15) is 0 Å². The predicted octanol–water partition coefficient (Wildman–Crippen LogP) is 2.25. The topological polar surface area (TPSA) is 35.5 Å². The average molecular weight is 256 g/mol. The van der Waals surface area contributed by atoms with E-state index < -0.39 is 0 Å². The molecule has 0 amide bonds. The molecule has 0 spiro atoms. The largest absolute Gasteiger partial charge is 0.394 e. The standard InChI is InChI=1S/C15H32N2O/c1-4-9-16-15(3,13-18)8-12-17-10-5-6-14(2)7-11-17/h14,16,18H,4-13H2,1-3H3. The molecule has 3 heteroatoms. The van der Waals surface area contributed by atoms with Gasteiger partial charge in [0.2, 0.25) is 0 Å². The second-order valence-corrected chi connectivity index (χ2v) is 6.27. The van der Waals surface area contributed by atoms with Gasteiger partial charge < -0.3 is 15.3 Å². The van der Waals surface area contributed by atoms with Crippen LogP contribution < -0.4 is 5.32 Å². The normalized spacial score (nSPS) is 25.7. The highest BCUT2D eigenvalue weighted by Gasteiger charge is 2.23. The number of nitrogens with one attached hydrogen (secondary N) is 1. The van der Waals surface area contributed by atoms with E-state index in [1.54, 1.807) is 0 Å². The minimum atomic E-state index is -0.103. The van der Waals surface area contributed by atoms with E-state index >= 15 is 0 Å². The molecule has 0 saturated carbocycles. The maximum atomic E-state index is 9.56. The summed E-state index contributed by atoms with van der Waals surface area (Å²) in [5, 5.41) is 13.0. The SMILES string of the molecule is CCCNC(C)(CO)CCN1CCCC(C)CC1. The zero-order valence-corrected chi connectivity index (χ0v) is 12.5. The Labute approximate surface area is 113 Å². The van der Waals surface area contributed by atoms with Crippen molar-refractivity contribution in [2.45, 2.75) is 58.4 Å². The number of hydrogen-bond acceptors (Lipinski definition) is 3. The number of aliphatic hydroxyl groups is 1. The Bertz CT molecular complexity index is 223. The van der Waals surface area contributed by atoms with Crippen molar-refractivity contribution in [1.82, 2.24) is 10.2 Å². The number of likely N-dealkylation sites (tertiary alicyclic amines) is 1. The summed E-state index contributed by atoms with van der Waals surface area (Å²) in [6.45, 7) is 11.5. The molecule has 2 unspecified atom stereocenters. The van der Waals surface area contributed by atoms with Crippen molar-refractivity contribution in [2.24, 2.45) is 5.92 Å². The molecule has 1 aliphatic rings. The van der Waals surface area contributed by atoms with Crippen LogP contribution in [0.2, 0.25) is 0 Å². The maximum absolute atomic E-state index is 9.56. The summed E-state index contributed by atoms with van der Waals surface area (Å²) in [5.74, 6) is 0.887. The van der Waals surface area contributed by atoms with E-state index in [-0.39, 0.29) is 12.1 Å². The second-order valence-electron chi connectivity index (χ2n) is 6.27. The van der Waals surface area contributed by atoms with Crippen LogP contribution in [-0.4, -0.2) is 48.3 Å². The van der Waals surface area contributed by atoms with Crippen LogP contribution in [0.5, 0.6) is 0 Å². The minimum Gasteiger partial charge on any atom is -0.394 e. The van der Waals surface area contributed by atoms with Crippen molar-refractivity contribution >= 4 is 0 Å². The van der Waals surface area contributed by atoms with Gasteiger partial charge in [-0.3, -0.25) is 0 Å². The monoisotopic (exact) mass is 256 g/mol. The van der Waals surface area contributed by atoms with Crippen molar-refractivity contribution in [3.05, 3.63) is 0 Å². The maximum Gasteiger partial charge on any atom is 0.0611 e. The molecule has 2 N–H and O–H groups in total. The van der Waals surface area contributed by atoms with Crippen molar-refractivity contribution in [3.63, 3.8) is 0 Å². The third-order valence-electron chi connectivity index (χ3n) is 4.24. The van der Waals surface area contributed by atoms with Gasteiger partial charge in [-0.15, -0.1) is 0 Å². The Morgan fingerprint density at radius 1 is 1.33 bits per heavy atom. The third-order valence-corrected chi connectivity index (χ3v) is 4.24. The second kappa shape index (κ2) is 8.13. The Hall–Kier alpha value is -0.120. The number of hydrogen-bond donors (Lipinski definition) is 2. The first-order valence-corrected chi connectivity index (χ1v) is 7.68. The smallest absolute Gasteiger partial charge is 0.0611 e. The van der Waals surface area contributed by atoms with Gasteiger partial charge in [0.05, 0.1) is 6.61 Å². The van der Waals surface area contributed by atoms with E-state index in [1.165, 1.54) is 32.4 Å². The summed E-state index contributed by atoms with van der Waals surface area (Å²) in [4.78, 5) is 2.57. The van der Waals surface area contributed by atoms with E-state index in [4.69, 9.17) is 0 Å². The molecule has 0 aliphatic carbocycles. The highest BCUT2D eigenvalue weighted by molar-refractivity contribution is 4.83. The van der Waals surface area contributed by atoms with Gasteiger partial charge in [0, 0.05) is 5.54 Å². The number of aliphatic hydroxyl groups excluding tert-OH is 1. The molecule has 1 aliphatic heterocycles. The zero-order valence-electron chi connectivity index (χ0n) is 12.5. The van der Waals surface area contributed by atoms with Crippen molar-refractivity contribution in [2.75, 3.05) is 32.8 Å². The Kier molecular flexibility index (Phi) is 7.20. The summed E-state index contributed by atoms with van der Waals surface area (Å²) in [6.07, 6.45) is 6.20. The van der Waals surface area contributed by atoms with Crippen molar-refractivity contribution in [1.29, 1.82) is 0 Å². The van der Waals surface area contributed by atoms with Crippen LogP contribution in [0.1, 0.15) is 52.9 Å². The van der Waals surface area contributed by atoms with Gasteiger partial charge in [-0.05, 0) is 71.1 Å². The van der Waals surface area contributed by atoms with E-state index in [1.807, 2.05) is 0 Å². The lowest BCUT2D eigenvalue weighted by Crippen LogP contribution is -2.48. The summed E-state index contributed by atoms with van der Waals surface area (Å²) in [5.41, 5.74) is -0.103. The van der Waals surface area contributed by atoms with Gasteiger partial charge in [-0.25, -0.2) is 0 Å². The molecule has 18 heavy (non-hydrogen) atoms. The number of rotatable bonds is 7. The Morgan fingerprint density at radius 3 is 2.78 bits per heavy atom. The molecule has 0 aromatic rings. The summed E-state index contributed by atoms with van der Waals surface area (Å²) in [6, 6.07) is 0. The molecule has 0 bridgehead atoms. The summed E-state index contributed by atoms with van der Waals surface area (Å²) in [7, 11) is 0. The van der Waals surface area contributed by atoms with Gasteiger partial charge >= 0.3 is 0 Å². The van der Waals surface area contributed by atoms with Crippen LogP contribution in [0.15, 0.2) is 0 Å². The average Bonchev–Trinajstić information content (AvgIpc) is 2.59. The van der Waals surface area contributed by atoms with Gasteiger partial charge in [0.15, 0.2) is 0 Å². The molecule has 108 valence electrons. The van der Waals surface area contributed by atoms with Crippen LogP contribution in [0.4, 0.5) is 0 Å². The molecular formula is C15H32N2O. The fourth-order valence-corrected chi connectivity index (χ4v) is 2.60. The molecule has 2 atom stereocenters. The van der Waals surface area contributed by atoms with Gasteiger partial charge in [-0.1, -0.05) is 13.8 Å².